The van der Waals surface area contributed by atoms with E-state index in [0.29, 0.717) is 12.5 Å². The Balaban J connectivity index is 2.48. The van der Waals surface area contributed by atoms with Gasteiger partial charge in [-0.2, -0.15) is 0 Å². The molecular formula is C8H16O3. The van der Waals surface area contributed by atoms with Crippen molar-refractivity contribution in [2.75, 3.05) is 13.2 Å². The van der Waals surface area contributed by atoms with Crippen LogP contribution in [-0.4, -0.2) is 35.6 Å². The fourth-order valence-electron chi connectivity index (χ4n) is 1.46. The number of rotatable bonds is 2. The van der Waals surface area contributed by atoms with Crippen molar-refractivity contribution in [1.29, 1.82) is 0 Å². The van der Waals surface area contributed by atoms with Crippen molar-refractivity contribution in [2.45, 2.75) is 26.1 Å². The SMILES string of the molecule is CC(C)C1COC(CO)C1O. The van der Waals surface area contributed by atoms with Crippen LogP contribution in [0.4, 0.5) is 0 Å². The molecule has 0 aromatic rings. The molecule has 11 heavy (non-hydrogen) atoms. The molecule has 1 fully saturated rings. The molecule has 0 radical (unpaired) electrons. The first-order valence-corrected chi connectivity index (χ1v) is 4.07. The number of aliphatic hydroxyl groups is 2. The lowest BCUT2D eigenvalue weighted by molar-refractivity contribution is 0.000262. The third kappa shape index (κ3) is 1.72. The smallest absolute Gasteiger partial charge is 0.107 e. The van der Waals surface area contributed by atoms with Crippen LogP contribution in [-0.2, 0) is 4.74 Å². The maximum atomic E-state index is 9.53. The van der Waals surface area contributed by atoms with Gasteiger partial charge in [0.2, 0.25) is 0 Å². The average Bonchev–Trinajstić information content (AvgIpc) is 2.30. The maximum Gasteiger partial charge on any atom is 0.107 e. The summed E-state index contributed by atoms with van der Waals surface area (Å²) in [4.78, 5) is 0. The Morgan fingerprint density at radius 3 is 2.45 bits per heavy atom. The molecule has 0 amide bonds. The molecule has 0 spiro atoms. The summed E-state index contributed by atoms with van der Waals surface area (Å²) in [6, 6.07) is 0. The molecule has 1 heterocycles. The molecule has 3 heteroatoms. The van der Waals surface area contributed by atoms with Gasteiger partial charge in [0, 0.05) is 5.92 Å². The van der Waals surface area contributed by atoms with Gasteiger partial charge in [0.25, 0.3) is 0 Å². The average molecular weight is 160 g/mol. The van der Waals surface area contributed by atoms with Crippen molar-refractivity contribution in [3.05, 3.63) is 0 Å². The van der Waals surface area contributed by atoms with E-state index in [9.17, 15) is 5.11 Å². The van der Waals surface area contributed by atoms with E-state index in [1.165, 1.54) is 0 Å². The van der Waals surface area contributed by atoms with Crippen LogP contribution in [0.2, 0.25) is 0 Å². The Bertz CT molecular complexity index is 125. The highest BCUT2D eigenvalue weighted by Crippen LogP contribution is 2.26. The monoisotopic (exact) mass is 160 g/mol. The van der Waals surface area contributed by atoms with Gasteiger partial charge in [-0.15, -0.1) is 0 Å². The van der Waals surface area contributed by atoms with E-state index in [1.54, 1.807) is 0 Å². The van der Waals surface area contributed by atoms with Gasteiger partial charge >= 0.3 is 0 Å². The van der Waals surface area contributed by atoms with Crippen molar-refractivity contribution in [3.8, 4) is 0 Å². The van der Waals surface area contributed by atoms with E-state index in [4.69, 9.17) is 9.84 Å². The highest BCUT2D eigenvalue weighted by molar-refractivity contribution is 4.84. The predicted molar refractivity (Wildman–Crippen MR) is 41.2 cm³/mol. The topological polar surface area (TPSA) is 49.7 Å². The molecule has 1 saturated heterocycles. The van der Waals surface area contributed by atoms with E-state index in [1.807, 2.05) is 0 Å². The Hall–Kier alpha value is -0.120. The van der Waals surface area contributed by atoms with Gasteiger partial charge < -0.3 is 14.9 Å². The molecule has 1 aliphatic rings. The van der Waals surface area contributed by atoms with Crippen molar-refractivity contribution >= 4 is 0 Å². The van der Waals surface area contributed by atoms with E-state index in [-0.39, 0.29) is 18.6 Å². The summed E-state index contributed by atoms with van der Waals surface area (Å²) in [6.45, 7) is 4.60. The van der Waals surface area contributed by atoms with Crippen LogP contribution in [0.25, 0.3) is 0 Å². The molecule has 0 aliphatic carbocycles. The summed E-state index contributed by atoms with van der Waals surface area (Å²) >= 11 is 0. The number of hydrogen-bond acceptors (Lipinski definition) is 3. The lowest BCUT2D eigenvalue weighted by Gasteiger charge is -2.18. The number of hydrogen-bond donors (Lipinski definition) is 2. The minimum absolute atomic E-state index is 0.0790. The summed E-state index contributed by atoms with van der Waals surface area (Å²) in [5.74, 6) is 0.605. The molecule has 0 aromatic heterocycles. The molecule has 2 N–H and O–H groups in total. The molecule has 0 aromatic carbocycles. The van der Waals surface area contributed by atoms with Crippen LogP contribution in [0.5, 0.6) is 0 Å². The summed E-state index contributed by atoms with van der Waals surface area (Å²) < 4.78 is 5.19. The predicted octanol–water partition coefficient (Wildman–Crippen LogP) is 0.0106. The van der Waals surface area contributed by atoms with Gasteiger partial charge in [0.05, 0.1) is 19.3 Å². The van der Waals surface area contributed by atoms with Crippen molar-refractivity contribution in [1.82, 2.24) is 0 Å². The summed E-state index contributed by atoms with van der Waals surface area (Å²) in [6.07, 6.45) is -0.845. The van der Waals surface area contributed by atoms with Crippen LogP contribution in [0, 0.1) is 11.8 Å². The normalized spacial score (nSPS) is 38.5. The fourth-order valence-corrected chi connectivity index (χ4v) is 1.46. The standard InChI is InChI=1S/C8H16O3/c1-5(2)6-4-11-7(3-9)8(6)10/h5-10H,3-4H2,1-2H3. The largest absolute Gasteiger partial charge is 0.394 e. The van der Waals surface area contributed by atoms with Crippen LogP contribution in [0.15, 0.2) is 0 Å². The molecule has 66 valence electrons. The first kappa shape index (κ1) is 8.97. The third-order valence-corrected chi connectivity index (χ3v) is 2.36. The lowest BCUT2D eigenvalue weighted by Crippen LogP contribution is -2.31. The van der Waals surface area contributed by atoms with Gasteiger partial charge in [-0.05, 0) is 5.92 Å². The molecule has 3 unspecified atom stereocenters. The van der Waals surface area contributed by atoms with Crippen LogP contribution >= 0.6 is 0 Å². The molecule has 1 rings (SSSR count). The van der Waals surface area contributed by atoms with E-state index in [0.717, 1.165) is 0 Å². The number of aliphatic hydroxyl groups excluding tert-OH is 2. The maximum absolute atomic E-state index is 9.53. The van der Waals surface area contributed by atoms with Crippen molar-refractivity contribution in [2.24, 2.45) is 11.8 Å². The van der Waals surface area contributed by atoms with Crippen LogP contribution < -0.4 is 0 Å². The van der Waals surface area contributed by atoms with Gasteiger partial charge in [-0.25, -0.2) is 0 Å². The molecule has 0 saturated carbocycles. The van der Waals surface area contributed by atoms with Crippen molar-refractivity contribution in [3.63, 3.8) is 0 Å². The van der Waals surface area contributed by atoms with E-state index in [2.05, 4.69) is 13.8 Å². The second-order valence-electron chi connectivity index (χ2n) is 3.45. The van der Waals surface area contributed by atoms with E-state index >= 15 is 0 Å². The minimum atomic E-state index is -0.486. The van der Waals surface area contributed by atoms with Crippen LogP contribution in [0.1, 0.15) is 13.8 Å². The molecular weight excluding hydrogens is 144 g/mol. The second-order valence-corrected chi connectivity index (χ2v) is 3.45. The van der Waals surface area contributed by atoms with Gasteiger partial charge in [-0.3, -0.25) is 0 Å². The van der Waals surface area contributed by atoms with Gasteiger partial charge in [-0.1, -0.05) is 13.8 Å². The van der Waals surface area contributed by atoms with E-state index < -0.39 is 6.10 Å². The highest BCUT2D eigenvalue weighted by atomic mass is 16.5. The minimum Gasteiger partial charge on any atom is -0.394 e. The lowest BCUT2D eigenvalue weighted by atomic mass is 9.91. The summed E-state index contributed by atoms with van der Waals surface area (Å²) in [7, 11) is 0. The Kier molecular flexibility index (Phi) is 2.87. The fraction of sp³-hybridized carbons (Fsp3) is 1.00. The molecule has 3 atom stereocenters. The molecule has 1 aliphatic heterocycles. The molecule has 0 bridgehead atoms. The Morgan fingerprint density at radius 1 is 1.55 bits per heavy atom. The van der Waals surface area contributed by atoms with Crippen molar-refractivity contribution < 1.29 is 14.9 Å². The van der Waals surface area contributed by atoms with Crippen LogP contribution in [0.3, 0.4) is 0 Å². The number of ether oxygens (including phenoxy) is 1. The summed E-state index contributed by atoms with van der Waals surface area (Å²) in [5, 5.41) is 18.3. The zero-order valence-corrected chi connectivity index (χ0v) is 7.03. The summed E-state index contributed by atoms with van der Waals surface area (Å²) in [5.41, 5.74) is 0. The zero-order valence-electron chi connectivity index (χ0n) is 7.03. The Morgan fingerprint density at radius 2 is 2.18 bits per heavy atom. The third-order valence-electron chi connectivity index (χ3n) is 2.36. The highest BCUT2D eigenvalue weighted by Gasteiger charge is 2.36. The van der Waals surface area contributed by atoms with Gasteiger partial charge in [0.15, 0.2) is 0 Å². The molecule has 3 nitrogen and oxygen atoms in total. The second kappa shape index (κ2) is 3.52. The van der Waals surface area contributed by atoms with Gasteiger partial charge in [0.1, 0.15) is 6.10 Å². The zero-order chi connectivity index (χ0) is 8.43. The Labute approximate surface area is 67.0 Å². The quantitative estimate of drug-likeness (QED) is 0.598. The first-order chi connectivity index (χ1) is 5.16. The first-order valence-electron chi connectivity index (χ1n) is 4.07.